The van der Waals surface area contributed by atoms with Gasteiger partial charge in [0.05, 0.1) is 22.4 Å². The summed E-state index contributed by atoms with van der Waals surface area (Å²) in [6, 6.07) is 0. The van der Waals surface area contributed by atoms with Crippen LogP contribution in [0, 0.1) is 0 Å². The number of hydrogen-bond donors (Lipinski definition) is 0. The molecule has 0 saturated carbocycles. The largest absolute Gasteiger partial charge is 0.458 e. The van der Waals surface area contributed by atoms with E-state index in [2.05, 4.69) is 89.3 Å². The molecule has 0 unspecified atom stereocenters. The van der Waals surface area contributed by atoms with Gasteiger partial charge in [-0.1, -0.05) is 20.8 Å². The third-order valence-electron chi connectivity index (χ3n) is 7.96. The summed E-state index contributed by atoms with van der Waals surface area (Å²) in [6.45, 7) is 28.7. The minimum absolute atomic E-state index is 0.0677. The molecular formula is C21H44B2O5Si. The van der Waals surface area contributed by atoms with Gasteiger partial charge in [-0.25, -0.2) is 0 Å². The van der Waals surface area contributed by atoms with Gasteiger partial charge < -0.3 is 23.0 Å². The van der Waals surface area contributed by atoms with Gasteiger partial charge in [0.25, 0.3) is 0 Å². The smallest absolute Gasteiger partial charge is 0.417 e. The predicted octanol–water partition coefficient (Wildman–Crippen LogP) is 5.49. The Morgan fingerprint density at radius 3 is 1.31 bits per heavy atom. The molecule has 0 radical (unpaired) electrons. The van der Waals surface area contributed by atoms with Gasteiger partial charge in [0.1, 0.15) is 0 Å². The monoisotopic (exact) mass is 426 g/mol. The van der Waals surface area contributed by atoms with Crippen LogP contribution >= 0.6 is 0 Å². The van der Waals surface area contributed by atoms with Crippen molar-refractivity contribution in [1.82, 2.24) is 0 Å². The maximum Gasteiger partial charge on any atom is 0.458 e. The highest BCUT2D eigenvalue weighted by Gasteiger charge is 2.61. The Bertz CT molecular complexity index is 530. The molecule has 2 aliphatic rings. The summed E-state index contributed by atoms with van der Waals surface area (Å²) in [7, 11) is -2.61. The molecule has 0 N–H and O–H groups in total. The third-order valence-corrected chi connectivity index (χ3v) is 12.5. The molecule has 2 rings (SSSR count). The average Bonchev–Trinajstić information content (AvgIpc) is 2.81. The van der Waals surface area contributed by atoms with E-state index in [1.54, 1.807) is 0 Å². The van der Waals surface area contributed by atoms with Crippen molar-refractivity contribution in [2.45, 2.75) is 129 Å². The minimum atomic E-state index is -1.83. The van der Waals surface area contributed by atoms with Crippen LogP contribution in [-0.2, 0) is 23.0 Å². The first kappa shape index (κ1) is 25.4. The zero-order valence-electron chi connectivity index (χ0n) is 21.2. The van der Waals surface area contributed by atoms with E-state index in [4.69, 9.17) is 23.0 Å². The van der Waals surface area contributed by atoms with Crippen LogP contribution < -0.4 is 0 Å². The number of rotatable bonds is 6. The second kappa shape index (κ2) is 7.63. The van der Waals surface area contributed by atoms with E-state index in [-0.39, 0.29) is 33.2 Å². The summed E-state index contributed by atoms with van der Waals surface area (Å²) < 4.78 is 32.1. The van der Waals surface area contributed by atoms with Crippen molar-refractivity contribution in [3.05, 3.63) is 0 Å². The van der Waals surface area contributed by atoms with Crippen molar-refractivity contribution in [1.29, 1.82) is 0 Å². The van der Waals surface area contributed by atoms with E-state index in [1.165, 1.54) is 0 Å². The van der Waals surface area contributed by atoms with Crippen LogP contribution in [-0.4, -0.2) is 51.6 Å². The molecule has 5 nitrogen and oxygen atoms in total. The Hall–Kier alpha value is 0.147. The highest BCUT2D eigenvalue weighted by Crippen LogP contribution is 2.46. The van der Waals surface area contributed by atoms with Crippen molar-refractivity contribution in [3.8, 4) is 0 Å². The van der Waals surface area contributed by atoms with E-state index in [9.17, 15) is 0 Å². The fourth-order valence-corrected chi connectivity index (χ4v) is 4.26. The molecule has 29 heavy (non-hydrogen) atoms. The van der Waals surface area contributed by atoms with Gasteiger partial charge in [-0.3, -0.25) is 0 Å². The van der Waals surface area contributed by atoms with E-state index < -0.39 is 22.6 Å². The SMILES string of the molecule is CC1(C)OB(C(CCO[Si](C)(C)C(C)(C)C)B2OC(C)(C)C(C)(C)O2)OC1(C)C. The molecule has 168 valence electrons. The van der Waals surface area contributed by atoms with Gasteiger partial charge in [-0.05, 0) is 79.9 Å². The average molecular weight is 426 g/mol. The highest BCUT2D eigenvalue weighted by atomic mass is 28.4. The lowest BCUT2D eigenvalue weighted by molar-refractivity contribution is 0.00578. The van der Waals surface area contributed by atoms with Gasteiger partial charge in [-0.15, -0.1) is 0 Å². The zero-order valence-corrected chi connectivity index (χ0v) is 22.2. The highest BCUT2D eigenvalue weighted by molar-refractivity contribution is 6.74. The van der Waals surface area contributed by atoms with Gasteiger partial charge in [0.15, 0.2) is 8.32 Å². The van der Waals surface area contributed by atoms with Crippen LogP contribution in [0.5, 0.6) is 0 Å². The summed E-state index contributed by atoms with van der Waals surface area (Å²) in [4.78, 5) is 0. The standard InChI is InChI=1S/C21H44B2O5Si/c1-17(2,3)29(12,13)24-15-14-16(22-25-18(4,5)19(6,7)26-22)23-27-20(8,9)21(10,11)28-23/h16H,14-15H2,1-13H3. The fraction of sp³-hybridized carbons (Fsp3) is 1.00. The predicted molar refractivity (Wildman–Crippen MR) is 124 cm³/mol. The Morgan fingerprint density at radius 1 is 0.724 bits per heavy atom. The fourth-order valence-electron chi connectivity index (χ4n) is 3.19. The topological polar surface area (TPSA) is 46.2 Å². The summed E-state index contributed by atoms with van der Waals surface area (Å²) in [5.41, 5.74) is -1.62. The first-order valence-electron chi connectivity index (χ1n) is 11.1. The van der Waals surface area contributed by atoms with Crippen molar-refractivity contribution in [3.63, 3.8) is 0 Å². The first-order chi connectivity index (χ1) is 12.7. The van der Waals surface area contributed by atoms with Crippen molar-refractivity contribution in [2.24, 2.45) is 0 Å². The van der Waals surface area contributed by atoms with Crippen molar-refractivity contribution < 1.29 is 23.0 Å². The quantitative estimate of drug-likeness (QED) is 0.526. The lowest BCUT2D eigenvalue weighted by Crippen LogP contribution is -2.43. The summed E-state index contributed by atoms with van der Waals surface area (Å²) in [5, 5.41) is 0.178. The molecule has 2 saturated heterocycles. The Balaban J connectivity index is 2.20. The van der Waals surface area contributed by atoms with Gasteiger partial charge in [0.2, 0.25) is 0 Å². The second-order valence-electron chi connectivity index (χ2n) is 12.3. The third kappa shape index (κ3) is 4.98. The van der Waals surface area contributed by atoms with Gasteiger partial charge in [0, 0.05) is 12.3 Å². The van der Waals surface area contributed by atoms with Crippen LogP contribution in [0.3, 0.4) is 0 Å². The number of hydrogen-bond acceptors (Lipinski definition) is 5. The molecule has 0 aromatic carbocycles. The molecule has 0 atom stereocenters. The normalized spacial score (nSPS) is 25.9. The Kier molecular flexibility index (Phi) is 6.68. The summed E-state index contributed by atoms with van der Waals surface area (Å²) in [6.07, 6.45) is 0.764. The zero-order chi connectivity index (χ0) is 22.7. The maximum absolute atomic E-state index is 6.47. The van der Waals surface area contributed by atoms with Crippen molar-refractivity contribution in [2.75, 3.05) is 6.61 Å². The molecule has 2 heterocycles. The van der Waals surface area contributed by atoms with Crippen LogP contribution in [0.15, 0.2) is 0 Å². The van der Waals surface area contributed by atoms with Crippen LogP contribution in [0.25, 0.3) is 0 Å². The molecule has 0 bridgehead atoms. The lowest BCUT2D eigenvalue weighted by Gasteiger charge is -2.36. The van der Waals surface area contributed by atoms with Crippen molar-refractivity contribution >= 4 is 22.6 Å². The second-order valence-corrected chi connectivity index (χ2v) is 17.1. The van der Waals surface area contributed by atoms with E-state index in [1.807, 2.05) is 0 Å². The Labute approximate surface area is 181 Å². The molecule has 0 aliphatic carbocycles. The van der Waals surface area contributed by atoms with Crippen LogP contribution in [0.1, 0.15) is 82.6 Å². The van der Waals surface area contributed by atoms with Gasteiger partial charge in [-0.2, -0.15) is 0 Å². The molecule has 2 aliphatic heterocycles. The molecule has 2 fully saturated rings. The molecule has 0 amide bonds. The maximum atomic E-state index is 6.47. The summed E-state index contributed by atoms with van der Waals surface area (Å²) in [5.74, 6) is 0. The van der Waals surface area contributed by atoms with Crippen LogP contribution in [0.2, 0.25) is 23.8 Å². The minimum Gasteiger partial charge on any atom is -0.417 e. The van der Waals surface area contributed by atoms with E-state index >= 15 is 0 Å². The molecule has 0 spiro atoms. The molecule has 8 heteroatoms. The molecule has 0 aromatic heterocycles. The molecule has 0 aromatic rings. The van der Waals surface area contributed by atoms with E-state index in [0.717, 1.165) is 6.42 Å². The summed E-state index contributed by atoms with van der Waals surface area (Å²) >= 11 is 0. The van der Waals surface area contributed by atoms with E-state index in [0.29, 0.717) is 6.61 Å². The van der Waals surface area contributed by atoms with Crippen LogP contribution in [0.4, 0.5) is 0 Å². The lowest BCUT2D eigenvalue weighted by atomic mass is 9.50. The molecular weight excluding hydrogens is 382 g/mol. The van der Waals surface area contributed by atoms with Gasteiger partial charge >= 0.3 is 14.2 Å². The first-order valence-corrected chi connectivity index (χ1v) is 14.0. The Morgan fingerprint density at radius 2 is 1.03 bits per heavy atom.